The highest BCUT2D eigenvalue weighted by molar-refractivity contribution is 5.75. The molecule has 1 rings (SSSR count). The standard InChI is InChI=1S/C24H45F2NO6/c1-5-9-12-29-17-20-22(32-14-11-7-3)19(31-13-10-6-2)15-21(33-20)24(25,26)16-18(27)23(28)30-8-4/h18-22H,5-17,27H2,1-4H3/t18?,19-,20-,21+,22-/m1/s1. The second-order valence-corrected chi connectivity index (χ2v) is 8.60. The van der Waals surface area contributed by atoms with Crippen molar-refractivity contribution in [3.05, 3.63) is 0 Å². The normalized spacial score (nSPS) is 24.6. The zero-order valence-electron chi connectivity index (χ0n) is 20.9. The molecule has 1 unspecified atom stereocenters. The molecule has 0 spiro atoms. The molecule has 0 radical (unpaired) electrons. The van der Waals surface area contributed by atoms with E-state index in [4.69, 9.17) is 29.4 Å². The van der Waals surface area contributed by atoms with Crippen LogP contribution in [0.5, 0.6) is 0 Å². The van der Waals surface area contributed by atoms with E-state index in [2.05, 4.69) is 13.8 Å². The highest BCUT2D eigenvalue weighted by Gasteiger charge is 2.51. The minimum atomic E-state index is -3.34. The van der Waals surface area contributed by atoms with Gasteiger partial charge >= 0.3 is 5.97 Å². The Bertz CT molecular complexity index is 525. The van der Waals surface area contributed by atoms with Crippen molar-refractivity contribution < 1.29 is 37.3 Å². The van der Waals surface area contributed by atoms with E-state index in [-0.39, 0.29) is 19.6 Å². The zero-order valence-corrected chi connectivity index (χ0v) is 20.9. The molecule has 1 saturated heterocycles. The average Bonchev–Trinajstić information content (AvgIpc) is 2.77. The van der Waals surface area contributed by atoms with Gasteiger partial charge in [0, 0.05) is 32.7 Å². The number of hydrogen-bond acceptors (Lipinski definition) is 7. The van der Waals surface area contributed by atoms with Gasteiger partial charge in [0.05, 0.1) is 19.3 Å². The Kier molecular flexibility index (Phi) is 15.3. The molecule has 0 aromatic heterocycles. The van der Waals surface area contributed by atoms with Crippen LogP contribution >= 0.6 is 0 Å². The van der Waals surface area contributed by atoms with Crippen molar-refractivity contribution in [2.45, 2.75) is 115 Å². The number of esters is 1. The fourth-order valence-electron chi connectivity index (χ4n) is 3.66. The minimum Gasteiger partial charge on any atom is -0.465 e. The van der Waals surface area contributed by atoms with E-state index in [0.717, 1.165) is 38.5 Å². The number of unbranched alkanes of at least 4 members (excludes halogenated alkanes) is 3. The molecule has 0 aromatic carbocycles. The smallest absolute Gasteiger partial charge is 0.323 e. The van der Waals surface area contributed by atoms with E-state index in [0.29, 0.717) is 19.8 Å². The summed E-state index contributed by atoms with van der Waals surface area (Å²) >= 11 is 0. The largest absolute Gasteiger partial charge is 0.465 e. The van der Waals surface area contributed by atoms with Crippen molar-refractivity contribution in [3.63, 3.8) is 0 Å². The first kappa shape index (κ1) is 30.2. The van der Waals surface area contributed by atoms with Crippen LogP contribution in [-0.4, -0.2) is 75.4 Å². The number of carbonyl (C=O) groups is 1. The SMILES string of the molecule is CCCCOC[C@H]1O[C@H](C(F)(F)CC(N)C(=O)OCC)C[C@@H](OCCCC)[C@H]1OCCCC. The van der Waals surface area contributed by atoms with E-state index < -0.39 is 48.8 Å². The summed E-state index contributed by atoms with van der Waals surface area (Å²) in [5.74, 6) is -4.18. The number of rotatable bonds is 18. The van der Waals surface area contributed by atoms with E-state index in [9.17, 15) is 4.79 Å². The number of nitrogens with two attached hydrogens (primary N) is 1. The Morgan fingerprint density at radius 3 is 2.24 bits per heavy atom. The van der Waals surface area contributed by atoms with Crippen LogP contribution in [0.2, 0.25) is 0 Å². The summed E-state index contributed by atoms with van der Waals surface area (Å²) in [6.07, 6.45) is 1.29. The highest BCUT2D eigenvalue weighted by Crippen LogP contribution is 2.37. The van der Waals surface area contributed by atoms with Crippen LogP contribution in [0, 0.1) is 0 Å². The lowest BCUT2D eigenvalue weighted by Crippen LogP contribution is -2.57. The maximum Gasteiger partial charge on any atom is 0.323 e. The Balaban J connectivity index is 2.99. The lowest BCUT2D eigenvalue weighted by atomic mass is 9.91. The molecule has 5 atom stereocenters. The Labute approximate surface area is 198 Å². The second-order valence-electron chi connectivity index (χ2n) is 8.60. The molecule has 0 aromatic rings. The molecule has 7 nitrogen and oxygen atoms in total. The Hall–Kier alpha value is -0.870. The van der Waals surface area contributed by atoms with Crippen LogP contribution in [0.15, 0.2) is 0 Å². The molecule has 0 amide bonds. The van der Waals surface area contributed by atoms with Crippen molar-refractivity contribution in [1.82, 2.24) is 0 Å². The van der Waals surface area contributed by atoms with Gasteiger partial charge in [-0.2, -0.15) is 0 Å². The summed E-state index contributed by atoms with van der Waals surface area (Å²) in [5, 5.41) is 0. The molecule has 0 aliphatic carbocycles. The summed E-state index contributed by atoms with van der Waals surface area (Å²) < 4.78 is 58.9. The van der Waals surface area contributed by atoms with Gasteiger partial charge in [0.25, 0.3) is 5.92 Å². The molecule has 1 aliphatic heterocycles. The van der Waals surface area contributed by atoms with Crippen molar-refractivity contribution in [2.75, 3.05) is 33.0 Å². The number of hydrogen-bond donors (Lipinski definition) is 1. The summed E-state index contributed by atoms with van der Waals surface area (Å²) in [6, 6.07) is -1.43. The highest BCUT2D eigenvalue weighted by atomic mass is 19.3. The first-order valence-electron chi connectivity index (χ1n) is 12.6. The topological polar surface area (TPSA) is 89.2 Å². The predicted molar refractivity (Wildman–Crippen MR) is 122 cm³/mol. The zero-order chi connectivity index (χ0) is 24.7. The monoisotopic (exact) mass is 481 g/mol. The van der Waals surface area contributed by atoms with Gasteiger partial charge in [-0.3, -0.25) is 4.79 Å². The molecule has 196 valence electrons. The average molecular weight is 482 g/mol. The lowest BCUT2D eigenvalue weighted by Gasteiger charge is -2.44. The van der Waals surface area contributed by atoms with Crippen molar-refractivity contribution in [2.24, 2.45) is 5.73 Å². The van der Waals surface area contributed by atoms with E-state index >= 15 is 8.78 Å². The van der Waals surface area contributed by atoms with Gasteiger partial charge in [0.2, 0.25) is 0 Å². The Morgan fingerprint density at radius 2 is 1.64 bits per heavy atom. The van der Waals surface area contributed by atoms with Gasteiger partial charge in [-0.05, 0) is 26.2 Å². The van der Waals surface area contributed by atoms with E-state index in [1.54, 1.807) is 6.92 Å². The van der Waals surface area contributed by atoms with Crippen LogP contribution < -0.4 is 5.73 Å². The molecular formula is C24H45F2NO6. The first-order chi connectivity index (χ1) is 15.8. The van der Waals surface area contributed by atoms with Gasteiger partial charge in [-0.15, -0.1) is 0 Å². The molecular weight excluding hydrogens is 436 g/mol. The summed E-state index contributed by atoms with van der Waals surface area (Å²) in [6.45, 7) is 9.46. The third-order valence-corrected chi connectivity index (χ3v) is 5.63. The minimum absolute atomic E-state index is 0.0471. The third kappa shape index (κ3) is 10.9. The number of ether oxygens (including phenoxy) is 5. The van der Waals surface area contributed by atoms with Gasteiger partial charge in [0.1, 0.15) is 24.4 Å². The van der Waals surface area contributed by atoms with E-state index in [1.165, 1.54) is 0 Å². The fourth-order valence-corrected chi connectivity index (χ4v) is 3.66. The first-order valence-corrected chi connectivity index (χ1v) is 12.6. The predicted octanol–water partition coefficient (Wildman–Crippen LogP) is 4.25. The maximum absolute atomic E-state index is 15.2. The maximum atomic E-state index is 15.2. The van der Waals surface area contributed by atoms with Gasteiger partial charge in [0.15, 0.2) is 0 Å². The molecule has 33 heavy (non-hydrogen) atoms. The Morgan fingerprint density at radius 1 is 1.03 bits per heavy atom. The molecule has 0 saturated carbocycles. The molecule has 1 heterocycles. The third-order valence-electron chi connectivity index (χ3n) is 5.63. The van der Waals surface area contributed by atoms with Crippen molar-refractivity contribution in [1.29, 1.82) is 0 Å². The van der Waals surface area contributed by atoms with Crippen LogP contribution in [0.3, 0.4) is 0 Å². The lowest BCUT2D eigenvalue weighted by molar-refractivity contribution is -0.260. The van der Waals surface area contributed by atoms with E-state index in [1.807, 2.05) is 6.92 Å². The molecule has 9 heteroatoms. The van der Waals surface area contributed by atoms with Crippen LogP contribution in [0.1, 0.15) is 79.1 Å². The van der Waals surface area contributed by atoms with Crippen LogP contribution in [-0.2, 0) is 28.5 Å². The molecule has 2 N–H and O–H groups in total. The summed E-state index contributed by atoms with van der Waals surface area (Å²) in [7, 11) is 0. The molecule has 1 fully saturated rings. The van der Waals surface area contributed by atoms with Gasteiger partial charge in [-0.25, -0.2) is 8.78 Å². The fraction of sp³-hybridized carbons (Fsp3) is 0.958. The number of alkyl halides is 2. The van der Waals surface area contributed by atoms with Crippen LogP contribution in [0.4, 0.5) is 8.78 Å². The quantitative estimate of drug-likeness (QED) is 0.231. The summed E-state index contributed by atoms with van der Waals surface area (Å²) in [5.41, 5.74) is 5.69. The molecule has 1 aliphatic rings. The van der Waals surface area contributed by atoms with Crippen molar-refractivity contribution in [3.8, 4) is 0 Å². The molecule has 0 bridgehead atoms. The van der Waals surface area contributed by atoms with Crippen LogP contribution in [0.25, 0.3) is 0 Å². The number of carbonyl (C=O) groups excluding carboxylic acids is 1. The van der Waals surface area contributed by atoms with Gasteiger partial charge in [-0.1, -0.05) is 40.0 Å². The summed E-state index contributed by atoms with van der Waals surface area (Å²) in [4.78, 5) is 11.8. The van der Waals surface area contributed by atoms with Gasteiger partial charge < -0.3 is 29.4 Å². The second kappa shape index (κ2) is 16.7. The number of halogens is 2. The van der Waals surface area contributed by atoms with Crippen molar-refractivity contribution >= 4 is 5.97 Å².